The van der Waals surface area contributed by atoms with Gasteiger partial charge in [0.2, 0.25) is 0 Å². The predicted molar refractivity (Wildman–Crippen MR) is 202 cm³/mol. The van der Waals surface area contributed by atoms with Crippen LogP contribution < -0.4 is 0 Å². The normalized spacial score (nSPS) is 12.4. The van der Waals surface area contributed by atoms with Crippen molar-refractivity contribution in [3.8, 4) is 0 Å². The zero-order chi connectivity index (χ0) is 32.9. The van der Waals surface area contributed by atoms with Gasteiger partial charge in [0.15, 0.2) is 0 Å². The average molecular weight is 636 g/mol. The van der Waals surface area contributed by atoms with Crippen molar-refractivity contribution >= 4 is 5.97 Å². The molecule has 1 atom stereocenters. The third kappa shape index (κ3) is 34.6. The molecule has 0 fully saturated rings. The van der Waals surface area contributed by atoms with Gasteiger partial charge in [-0.15, -0.1) is 0 Å². The van der Waals surface area contributed by atoms with Crippen molar-refractivity contribution in [2.75, 3.05) is 13.1 Å². The molecule has 0 heterocycles. The minimum Gasteiger partial charge on any atom is -0.481 e. The van der Waals surface area contributed by atoms with Gasteiger partial charge in [0.1, 0.15) is 0 Å². The number of hydrogen-bond acceptors (Lipinski definition) is 2. The summed E-state index contributed by atoms with van der Waals surface area (Å²) < 4.78 is 0. The van der Waals surface area contributed by atoms with Crippen LogP contribution in [0.2, 0.25) is 0 Å². The molecule has 0 bridgehead atoms. The molecular weight excluding hydrogens is 550 g/mol. The average Bonchev–Trinajstić information content (AvgIpc) is 3.04. The number of nitrogens with zero attached hydrogens (tertiary/aromatic N) is 1. The van der Waals surface area contributed by atoms with Crippen molar-refractivity contribution in [3.63, 3.8) is 0 Å². The number of carboxylic acids is 1. The van der Waals surface area contributed by atoms with E-state index in [4.69, 9.17) is 0 Å². The van der Waals surface area contributed by atoms with E-state index in [-0.39, 0.29) is 0 Å². The second-order valence-corrected chi connectivity index (χ2v) is 14.6. The highest BCUT2D eigenvalue weighted by molar-refractivity contribution is 5.66. The fourth-order valence-electron chi connectivity index (χ4n) is 7.14. The molecule has 0 aromatic heterocycles. The van der Waals surface area contributed by atoms with E-state index in [0.717, 1.165) is 25.9 Å². The molecule has 0 spiro atoms. The quantitative estimate of drug-likeness (QED) is 0.0683. The molecular formula is C42H85NO2. The minimum absolute atomic E-state index is 0.312. The Kier molecular flexibility index (Phi) is 37.4. The molecule has 3 heteroatoms. The van der Waals surface area contributed by atoms with E-state index < -0.39 is 5.97 Å². The summed E-state index contributed by atoms with van der Waals surface area (Å²) in [4.78, 5) is 13.9. The Morgan fingerprint density at radius 2 is 0.667 bits per heavy atom. The van der Waals surface area contributed by atoms with Gasteiger partial charge >= 0.3 is 5.97 Å². The van der Waals surface area contributed by atoms with Gasteiger partial charge in [-0.1, -0.05) is 213 Å². The van der Waals surface area contributed by atoms with Gasteiger partial charge in [0.25, 0.3) is 0 Å². The maximum absolute atomic E-state index is 11.3. The lowest BCUT2D eigenvalue weighted by molar-refractivity contribution is -0.137. The van der Waals surface area contributed by atoms with Gasteiger partial charge in [-0.25, -0.2) is 0 Å². The standard InChI is InChI=1S/C42H85NO2/c1-4-7-9-11-13-15-17-19-21-23-25-27-29-31-33-35-39-43(41(6-3)37-38-42(44)45)40-36-34-32-30-28-26-24-22-20-18-16-14-12-10-8-5-2/h41H,4-40H2,1-3H3,(H,44,45). The van der Waals surface area contributed by atoms with Gasteiger partial charge in [0.05, 0.1) is 0 Å². The Balaban J connectivity index is 3.86. The number of carbonyl (C=O) groups is 1. The van der Waals surface area contributed by atoms with Gasteiger partial charge in [-0.3, -0.25) is 4.79 Å². The van der Waals surface area contributed by atoms with E-state index in [1.165, 1.54) is 205 Å². The first-order valence-electron chi connectivity index (χ1n) is 21.1. The predicted octanol–water partition coefficient (Wildman–Crippen LogP) is 14.5. The Morgan fingerprint density at radius 1 is 0.422 bits per heavy atom. The number of carboxylic acid groups (broad SMARTS) is 1. The second-order valence-electron chi connectivity index (χ2n) is 14.6. The van der Waals surface area contributed by atoms with E-state index in [0.29, 0.717) is 12.5 Å². The molecule has 0 radical (unpaired) electrons. The first-order valence-corrected chi connectivity index (χ1v) is 21.1. The van der Waals surface area contributed by atoms with Crippen LogP contribution in [-0.2, 0) is 4.79 Å². The molecule has 1 unspecified atom stereocenters. The van der Waals surface area contributed by atoms with Crippen LogP contribution in [0.4, 0.5) is 0 Å². The fourth-order valence-corrected chi connectivity index (χ4v) is 7.14. The molecule has 270 valence electrons. The first kappa shape index (κ1) is 44.4. The highest BCUT2D eigenvalue weighted by atomic mass is 16.4. The zero-order valence-electron chi connectivity index (χ0n) is 31.5. The van der Waals surface area contributed by atoms with Gasteiger partial charge in [0, 0.05) is 12.5 Å². The van der Waals surface area contributed by atoms with Gasteiger partial charge in [-0.05, 0) is 38.8 Å². The second kappa shape index (κ2) is 37.9. The molecule has 0 aliphatic carbocycles. The van der Waals surface area contributed by atoms with Crippen molar-refractivity contribution in [3.05, 3.63) is 0 Å². The smallest absolute Gasteiger partial charge is 0.303 e. The molecule has 0 aliphatic heterocycles. The summed E-state index contributed by atoms with van der Waals surface area (Å²) in [7, 11) is 0. The molecule has 0 aromatic carbocycles. The third-order valence-corrected chi connectivity index (χ3v) is 10.3. The highest BCUT2D eigenvalue weighted by Gasteiger charge is 2.17. The Hall–Kier alpha value is -0.570. The SMILES string of the molecule is CCCCCCCCCCCCCCCCCCN(CCCCCCCCCCCCCCCCCC)C(CC)CCC(=O)O. The molecule has 3 nitrogen and oxygen atoms in total. The summed E-state index contributed by atoms with van der Waals surface area (Å²) >= 11 is 0. The maximum atomic E-state index is 11.3. The van der Waals surface area contributed by atoms with Crippen LogP contribution >= 0.6 is 0 Å². The first-order chi connectivity index (χ1) is 22.2. The van der Waals surface area contributed by atoms with E-state index in [2.05, 4.69) is 25.7 Å². The summed E-state index contributed by atoms with van der Waals surface area (Å²) in [5.74, 6) is -0.641. The van der Waals surface area contributed by atoms with Crippen LogP contribution in [0.5, 0.6) is 0 Å². The van der Waals surface area contributed by atoms with Crippen LogP contribution in [0.25, 0.3) is 0 Å². The summed E-state index contributed by atoms with van der Waals surface area (Å²) in [6, 6.07) is 0.439. The van der Waals surface area contributed by atoms with Crippen molar-refractivity contribution < 1.29 is 9.90 Å². The molecule has 45 heavy (non-hydrogen) atoms. The summed E-state index contributed by atoms with van der Waals surface area (Å²) in [6.07, 6.45) is 47.3. The number of aliphatic carboxylic acids is 1. The third-order valence-electron chi connectivity index (χ3n) is 10.3. The van der Waals surface area contributed by atoms with Crippen molar-refractivity contribution in [2.24, 2.45) is 0 Å². The summed E-state index contributed by atoms with van der Waals surface area (Å²) in [5.41, 5.74) is 0. The van der Waals surface area contributed by atoms with Crippen molar-refractivity contribution in [2.45, 2.75) is 252 Å². The van der Waals surface area contributed by atoms with Crippen LogP contribution in [-0.4, -0.2) is 35.1 Å². The lowest BCUT2D eigenvalue weighted by Crippen LogP contribution is -2.37. The zero-order valence-corrected chi connectivity index (χ0v) is 31.5. The molecule has 0 saturated carbocycles. The van der Waals surface area contributed by atoms with E-state index in [1.54, 1.807) is 0 Å². The molecule has 0 aromatic rings. The molecule has 0 aliphatic rings. The monoisotopic (exact) mass is 636 g/mol. The van der Waals surface area contributed by atoms with Gasteiger partial charge in [-0.2, -0.15) is 0 Å². The van der Waals surface area contributed by atoms with Crippen molar-refractivity contribution in [1.82, 2.24) is 4.90 Å². The molecule has 0 saturated heterocycles. The molecule has 0 rings (SSSR count). The van der Waals surface area contributed by atoms with Crippen molar-refractivity contribution in [1.29, 1.82) is 0 Å². The maximum Gasteiger partial charge on any atom is 0.303 e. The lowest BCUT2D eigenvalue weighted by Gasteiger charge is -2.31. The van der Waals surface area contributed by atoms with E-state index in [1.807, 2.05) is 0 Å². The number of hydrogen-bond donors (Lipinski definition) is 1. The fraction of sp³-hybridized carbons (Fsp3) is 0.976. The van der Waals surface area contributed by atoms with Crippen LogP contribution in [0.3, 0.4) is 0 Å². The highest BCUT2D eigenvalue weighted by Crippen LogP contribution is 2.18. The van der Waals surface area contributed by atoms with Gasteiger partial charge < -0.3 is 10.0 Å². The summed E-state index contributed by atoms with van der Waals surface area (Å²) in [5, 5.41) is 9.27. The minimum atomic E-state index is -0.641. The number of unbranched alkanes of at least 4 members (excludes halogenated alkanes) is 30. The van der Waals surface area contributed by atoms with E-state index >= 15 is 0 Å². The molecule has 1 N–H and O–H groups in total. The molecule has 0 amide bonds. The summed E-state index contributed by atoms with van der Waals surface area (Å²) in [6.45, 7) is 9.17. The lowest BCUT2D eigenvalue weighted by atomic mass is 10.0. The van der Waals surface area contributed by atoms with Crippen LogP contribution in [0.15, 0.2) is 0 Å². The van der Waals surface area contributed by atoms with Crippen LogP contribution in [0.1, 0.15) is 245 Å². The Labute approximate surface area is 284 Å². The largest absolute Gasteiger partial charge is 0.481 e. The Bertz CT molecular complexity index is 529. The van der Waals surface area contributed by atoms with E-state index in [9.17, 15) is 9.90 Å². The Morgan fingerprint density at radius 3 is 0.889 bits per heavy atom. The number of rotatable bonds is 39. The van der Waals surface area contributed by atoms with Crippen LogP contribution in [0, 0.1) is 0 Å². The topological polar surface area (TPSA) is 40.5 Å².